The van der Waals surface area contributed by atoms with Crippen LogP contribution in [-0.4, -0.2) is 5.78 Å². The first-order valence-corrected chi connectivity index (χ1v) is 5.05. The van der Waals surface area contributed by atoms with Crippen molar-refractivity contribution in [3.8, 4) is 0 Å². The second-order valence-electron chi connectivity index (χ2n) is 5.32. The van der Waals surface area contributed by atoms with Gasteiger partial charge >= 0.3 is 0 Å². The lowest BCUT2D eigenvalue weighted by Gasteiger charge is -2.24. The largest absolute Gasteiger partial charge is 0.299 e. The summed E-state index contributed by atoms with van der Waals surface area (Å²) in [6.07, 6.45) is 3.38. The number of hydrogen-bond donors (Lipinski definition) is 0. The Morgan fingerprint density at radius 3 is 2.58 bits per heavy atom. The number of ketones is 1. The van der Waals surface area contributed by atoms with Crippen LogP contribution in [0.5, 0.6) is 0 Å². The van der Waals surface area contributed by atoms with Gasteiger partial charge in [0.25, 0.3) is 0 Å². The smallest absolute Gasteiger partial charge is 0.137 e. The van der Waals surface area contributed by atoms with E-state index >= 15 is 0 Å². The van der Waals surface area contributed by atoms with E-state index in [0.29, 0.717) is 29.0 Å². The van der Waals surface area contributed by atoms with Gasteiger partial charge in [0.1, 0.15) is 5.78 Å². The lowest BCUT2D eigenvalue weighted by atomic mass is 9.79. The summed E-state index contributed by atoms with van der Waals surface area (Å²) in [6.45, 7) is 6.76. The molecule has 0 radical (unpaired) electrons. The van der Waals surface area contributed by atoms with Gasteiger partial charge in [-0.05, 0) is 30.1 Å². The lowest BCUT2D eigenvalue weighted by molar-refractivity contribution is -0.122. The molecular weight excluding hydrogens is 148 g/mol. The molecule has 2 fully saturated rings. The van der Waals surface area contributed by atoms with Gasteiger partial charge in [-0.1, -0.05) is 20.8 Å². The van der Waals surface area contributed by atoms with E-state index in [2.05, 4.69) is 20.8 Å². The van der Waals surface area contributed by atoms with Gasteiger partial charge in [-0.15, -0.1) is 0 Å². The third-order valence-corrected chi connectivity index (χ3v) is 3.98. The van der Waals surface area contributed by atoms with Crippen LogP contribution < -0.4 is 0 Å². The zero-order chi connectivity index (χ0) is 8.93. The van der Waals surface area contributed by atoms with Crippen molar-refractivity contribution in [2.45, 2.75) is 40.0 Å². The summed E-state index contributed by atoms with van der Waals surface area (Å²) in [5.41, 5.74) is 0.298. The van der Waals surface area contributed by atoms with E-state index < -0.39 is 0 Å². The molecule has 0 amide bonds. The van der Waals surface area contributed by atoms with Gasteiger partial charge in [0.05, 0.1) is 0 Å². The molecule has 0 aliphatic heterocycles. The Hall–Kier alpha value is -0.330. The van der Waals surface area contributed by atoms with Crippen LogP contribution in [0.1, 0.15) is 40.0 Å². The zero-order valence-corrected chi connectivity index (χ0v) is 8.26. The molecule has 0 saturated heterocycles. The topological polar surface area (TPSA) is 17.1 Å². The van der Waals surface area contributed by atoms with Crippen molar-refractivity contribution in [2.24, 2.45) is 23.2 Å². The molecule has 3 atom stereocenters. The van der Waals surface area contributed by atoms with Gasteiger partial charge in [0.15, 0.2) is 0 Å². The Morgan fingerprint density at radius 2 is 2.00 bits per heavy atom. The van der Waals surface area contributed by atoms with E-state index in [1.54, 1.807) is 0 Å². The van der Waals surface area contributed by atoms with Gasteiger partial charge in [-0.2, -0.15) is 0 Å². The molecule has 1 nitrogen and oxygen atoms in total. The SMILES string of the molecule is C[C@@H]1CC[C@H]2[C@@H]1C(=O)CC2(C)C. The molecule has 0 N–H and O–H groups in total. The van der Waals surface area contributed by atoms with Gasteiger partial charge < -0.3 is 0 Å². The lowest BCUT2D eigenvalue weighted by Crippen LogP contribution is -2.19. The molecule has 68 valence electrons. The first kappa shape index (κ1) is 8.28. The van der Waals surface area contributed by atoms with Crippen molar-refractivity contribution in [1.82, 2.24) is 0 Å². The molecule has 0 aromatic carbocycles. The average Bonchev–Trinajstić information content (AvgIpc) is 2.38. The summed E-state index contributed by atoms with van der Waals surface area (Å²) in [5, 5.41) is 0. The fraction of sp³-hybridized carbons (Fsp3) is 0.909. The van der Waals surface area contributed by atoms with Gasteiger partial charge in [0, 0.05) is 12.3 Å². The highest BCUT2D eigenvalue weighted by Crippen LogP contribution is 2.54. The molecule has 0 aromatic rings. The summed E-state index contributed by atoms with van der Waals surface area (Å²) in [6, 6.07) is 0. The van der Waals surface area contributed by atoms with Crippen LogP contribution in [0.3, 0.4) is 0 Å². The van der Waals surface area contributed by atoms with Crippen molar-refractivity contribution < 1.29 is 4.79 Å². The van der Waals surface area contributed by atoms with E-state index in [1.807, 2.05) is 0 Å². The molecule has 2 aliphatic carbocycles. The van der Waals surface area contributed by atoms with Crippen LogP contribution in [0, 0.1) is 23.2 Å². The Kier molecular flexibility index (Phi) is 1.61. The molecule has 2 aliphatic rings. The zero-order valence-electron chi connectivity index (χ0n) is 8.26. The third kappa shape index (κ3) is 0.949. The normalized spacial score (nSPS) is 44.9. The molecule has 0 heterocycles. The van der Waals surface area contributed by atoms with Crippen LogP contribution in [-0.2, 0) is 4.79 Å². The van der Waals surface area contributed by atoms with Gasteiger partial charge in [-0.25, -0.2) is 0 Å². The second kappa shape index (κ2) is 2.34. The minimum atomic E-state index is 0.298. The van der Waals surface area contributed by atoms with Crippen LogP contribution in [0.4, 0.5) is 0 Å². The highest BCUT2D eigenvalue weighted by molar-refractivity contribution is 5.85. The second-order valence-corrected chi connectivity index (χ2v) is 5.32. The van der Waals surface area contributed by atoms with Gasteiger partial charge in [0.2, 0.25) is 0 Å². The monoisotopic (exact) mass is 166 g/mol. The van der Waals surface area contributed by atoms with Crippen LogP contribution in [0.25, 0.3) is 0 Å². The Labute approximate surface area is 74.5 Å². The number of rotatable bonds is 0. The molecule has 0 aromatic heterocycles. The molecule has 2 saturated carbocycles. The summed E-state index contributed by atoms with van der Waals surface area (Å²) >= 11 is 0. The van der Waals surface area contributed by atoms with E-state index in [0.717, 1.165) is 6.42 Å². The van der Waals surface area contributed by atoms with Gasteiger partial charge in [-0.3, -0.25) is 4.79 Å². The van der Waals surface area contributed by atoms with Crippen LogP contribution >= 0.6 is 0 Å². The predicted octanol–water partition coefficient (Wildman–Crippen LogP) is 2.65. The molecule has 1 heteroatoms. The predicted molar refractivity (Wildman–Crippen MR) is 48.8 cm³/mol. The van der Waals surface area contributed by atoms with E-state index in [9.17, 15) is 4.79 Å². The van der Waals surface area contributed by atoms with Crippen LogP contribution in [0.15, 0.2) is 0 Å². The molecule has 12 heavy (non-hydrogen) atoms. The summed E-state index contributed by atoms with van der Waals surface area (Å²) in [5.74, 6) is 2.30. The molecule has 2 rings (SSSR count). The fourth-order valence-electron chi connectivity index (χ4n) is 3.31. The van der Waals surface area contributed by atoms with E-state index in [1.165, 1.54) is 12.8 Å². The van der Waals surface area contributed by atoms with E-state index in [-0.39, 0.29) is 0 Å². The minimum absolute atomic E-state index is 0.298. The number of fused-ring (bicyclic) bond motifs is 1. The Balaban J connectivity index is 2.29. The maximum atomic E-state index is 11.7. The number of carbonyl (C=O) groups is 1. The fourth-order valence-corrected chi connectivity index (χ4v) is 3.31. The van der Waals surface area contributed by atoms with Crippen molar-refractivity contribution in [1.29, 1.82) is 0 Å². The quantitative estimate of drug-likeness (QED) is 0.540. The summed E-state index contributed by atoms with van der Waals surface area (Å²) in [7, 11) is 0. The third-order valence-electron chi connectivity index (χ3n) is 3.98. The molecular formula is C11H18O. The minimum Gasteiger partial charge on any atom is -0.299 e. The highest BCUT2D eigenvalue weighted by atomic mass is 16.1. The Morgan fingerprint density at radius 1 is 1.33 bits per heavy atom. The molecule has 0 bridgehead atoms. The summed E-state index contributed by atoms with van der Waals surface area (Å²) in [4.78, 5) is 11.7. The molecule has 0 spiro atoms. The number of carbonyl (C=O) groups excluding carboxylic acids is 1. The maximum absolute atomic E-state index is 11.7. The number of Topliss-reactive ketones (excluding diaryl/α,β-unsaturated/α-hetero) is 1. The first-order chi connectivity index (χ1) is 5.52. The first-order valence-electron chi connectivity index (χ1n) is 5.05. The highest BCUT2D eigenvalue weighted by Gasteiger charge is 2.52. The van der Waals surface area contributed by atoms with Crippen LogP contribution in [0.2, 0.25) is 0 Å². The summed E-state index contributed by atoms with van der Waals surface area (Å²) < 4.78 is 0. The Bertz CT molecular complexity index is 217. The standard InChI is InChI=1S/C11H18O/c1-7-4-5-8-10(7)9(12)6-11(8,2)3/h7-8,10H,4-6H2,1-3H3/t7-,8+,10-/m1/s1. The molecule has 0 unspecified atom stereocenters. The van der Waals surface area contributed by atoms with Crippen molar-refractivity contribution in [3.63, 3.8) is 0 Å². The van der Waals surface area contributed by atoms with E-state index in [4.69, 9.17) is 0 Å². The van der Waals surface area contributed by atoms with Crippen molar-refractivity contribution in [3.05, 3.63) is 0 Å². The van der Waals surface area contributed by atoms with Crippen molar-refractivity contribution >= 4 is 5.78 Å². The maximum Gasteiger partial charge on any atom is 0.137 e. The van der Waals surface area contributed by atoms with Crippen molar-refractivity contribution in [2.75, 3.05) is 0 Å². The average molecular weight is 166 g/mol. The number of hydrogen-bond acceptors (Lipinski definition) is 1.